The highest BCUT2D eigenvalue weighted by Crippen LogP contribution is 2.44. The number of rotatable bonds is 3. The van der Waals surface area contributed by atoms with Gasteiger partial charge >= 0.3 is 5.97 Å². The molecule has 1 aliphatic carbocycles. The van der Waals surface area contributed by atoms with Crippen molar-refractivity contribution in [2.45, 2.75) is 56.6 Å². The predicted octanol–water partition coefficient (Wildman–Crippen LogP) is 4.08. The summed E-state index contributed by atoms with van der Waals surface area (Å²) >= 11 is 3.87. The zero-order valence-corrected chi connectivity index (χ0v) is 13.5. The Morgan fingerprint density at radius 3 is 3.00 bits per heavy atom. The minimum Gasteiger partial charge on any atom is -0.465 e. The molecular formula is C15H21NO2S2. The second-order valence-electron chi connectivity index (χ2n) is 5.41. The van der Waals surface area contributed by atoms with E-state index in [4.69, 9.17) is 9.72 Å². The van der Waals surface area contributed by atoms with Crippen molar-refractivity contribution >= 4 is 29.1 Å². The lowest BCUT2D eigenvalue weighted by molar-refractivity contribution is -0.145. The van der Waals surface area contributed by atoms with E-state index in [2.05, 4.69) is 0 Å². The van der Waals surface area contributed by atoms with E-state index >= 15 is 0 Å². The van der Waals surface area contributed by atoms with Gasteiger partial charge in [-0.25, -0.2) is 4.98 Å². The molecule has 0 N–H and O–H groups in total. The van der Waals surface area contributed by atoms with Crippen LogP contribution in [0.25, 0.3) is 0 Å². The summed E-state index contributed by atoms with van der Waals surface area (Å²) in [7, 11) is 0. The number of thioether (sulfide) groups is 1. The Morgan fingerprint density at radius 2 is 2.25 bits per heavy atom. The lowest BCUT2D eigenvalue weighted by Gasteiger charge is -2.19. The average molecular weight is 311 g/mol. The zero-order valence-electron chi connectivity index (χ0n) is 11.9. The zero-order chi connectivity index (χ0) is 13.9. The van der Waals surface area contributed by atoms with Gasteiger partial charge in [-0.2, -0.15) is 11.8 Å². The number of hydrogen-bond acceptors (Lipinski definition) is 5. The first-order chi connectivity index (χ1) is 9.79. The highest BCUT2D eigenvalue weighted by molar-refractivity contribution is 7.99. The maximum atomic E-state index is 12.1. The molecule has 0 spiro atoms. The van der Waals surface area contributed by atoms with E-state index in [1.54, 1.807) is 0 Å². The summed E-state index contributed by atoms with van der Waals surface area (Å²) in [5, 5.41) is 1.80. The highest BCUT2D eigenvalue weighted by atomic mass is 32.2. The largest absolute Gasteiger partial charge is 0.465 e. The van der Waals surface area contributed by atoms with Gasteiger partial charge in [0.25, 0.3) is 0 Å². The molecule has 1 aromatic rings. The Balaban J connectivity index is 1.82. The van der Waals surface area contributed by atoms with Gasteiger partial charge < -0.3 is 4.74 Å². The lowest BCUT2D eigenvalue weighted by atomic mass is 9.91. The van der Waals surface area contributed by atoms with Crippen LogP contribution in [0.5, 0.6) is 0 Å². The molecule has 0 amide bonds. The van der Waals surface area contributed by atoms with Crippen LogP contribution in [0.4, 0.5) is 0 Å². The Kier molecular flexibility index (Phi) is 4.66. The summed E-state index contributed by atoms with van der Waals surface area (Å²) in [6, 6.07) is 0. The van der Waals surface area contributed by atoms with E-state index in [0.717, 1.165) is 25.0 Å². The standard InChI is InChI=1S/C15H21NO2S2/c1-2-18-15(17)10-6-5-8-11-13(10)16-14(20-11)12-7-3-4-9-19-12/h10,12H,2-9H2,1H3. The molecule has 0 saturated carbocycles. The molecule has 0 bridgehead atoms. The maximum absolute atomic E-state index is 12.1. The van der Waals surface area contributed by atoms with Crippen LogP contribution in [-0.4, -0.2) is 23.3 Å². The molecule has 1 aliphatic heterocycles. The van der Waals surface area contributed by atoms with E-state index in [-0.39, 0.29) is 11.9 Å². The van der Waals surface area contributed by atoms with Gasteiger partial charge in [0.15, 0.2) is 0 Å². The van der Waals surface area contributed by atoms with Crippen molar-refractivity contribution in [1.29, 1.82) is 0 Å². The topological polar surface area (TPSA) is 39.2 Å². The first kappa shape index (κ1) is 14.4. The van der Waals surface area contributed by atoms with Crippen LogP contribution in [0.15, 0.2) is 0 Å². The Labute approximate surface area is 128 Å². The first-order valence-corrected chi connectivity index (χ1v) is 9.44. The second-order valence-corrected chi connectivity index (χ2v) is 7.84. The van der Waals surface area contributed by atoms with Gasteiger partial charge in [-0.05, 0) is 44.8 Å². The van der Waals surface area contributed by atoms with Crippen molar-refractivity contribution in [1.82, 2.24) is 4.98 Å². The summed E-state index contributed by atoms with van der Waals surface area (Å²) in [5.74, 6) is 1.05. The third-order valence-corrected chi connectivity index (χ3v) is 6.78. The van der Waals surface area contributed by atoms with Crippen LogP contribution in [0.1, 0.15) is 65.8 Å². The molecule has 1 fully saturated rings. The number of thiazole rings is 1. The van der Waals surface area contributed by atoms with Crippen LogP contribution >= 0.6 is 23.1 Å². The summed E-state index contributed by atoms with van der Waals surface area (Å²) in [6.07, 6.45) is 6.94. The molecule has 0 radical (unpaired) electrons. The Morgan fingerprint density at radius 1 is 1.35 bits per heavy atom. The molecular weight excluding hydrogens is 290 g/mol. The third kappa shape index (κ3) is 2.89. The number of esters is 1. The molecule has 2 heterocycles. The van der Waals surface area contributed by atoms with Gasteiger partial charge in [0.1, 0.15) is 10.9 Å². The summed E-state index contributed by atoms with van der Waals surface area (Å²) in [4.78, 5) is 18.3. The van der Waals surface area contributed by atoms with E-state index < -0.39 is 0 Å². The van der Waals surface area contributed by atoms with Gasteiger partial charge in [0.05, 0.1) is 17.6 Å². The van der Waals surface area contributed by atoms with Crippen molar-refractivity contribution in [2.75, 3.05) is 12.4 Å². The van der Waals surface area contributed by atoms with E-state index in [1.165, 1.54) is 34.9 Å². The smallest absolute Gasteiger partial charge is 0.315 e. The number of fused-ring (bicyclic) bond motifs is 1. The molecule has 2 aliphatic rings. The van der Waals surface area contributed by atoms with Crippen molar-refractivity contribution in [2.24, 2.45) is 0 Å². The monoisotopic (exact) mass is 311 g/mol. The third-order valence-electron chi connectivity index (χ3n) is 4.00. The van der Waals surface area contributed by atoms with Crippen molar-refractivity contribution < 1.29 is 9.53 Å². The molecule has 20 heavy (non-hydrogen) atoms. The molecule has 110 valence electrons. The van der Waals surface area contributed by atoms with Crippen LogP contribution in [0, 0.1) is 0 Å². The number of ether oxygens (including phenoxy) is 1. The van der Waals surface area contributed by atoms with Crippen molar-refractivity contribution in [3.05, 3.63) is 15.6 Å². The lowest BCUT2D eigenvalue weighted by Crippen LogP contribution is -2.20. The second kappa shape index (κ2) is 6.48. The van der Waals surface area contributed by atoms with E-state index in [9.17, 15) is 4.79 Å². The van der Waals surface area contributed by atoms with Crippen LogP contribution in [0.2, 0.25) is 0 Å². The summed E-state index contributed by atoms with van der Waals surface area (Å²) in [5.41, 5.74) is 1.03. The maximum Gasteiger partial charge on any atom is 0.315 e. The molecule has 1 aromatic heterocycles. The number of carbonyl (C=O) groups excluding carboxylic acids is 1. The van der Waals surface area contributed by atoms with Crippen LogP contribution < -0.4 is 0 Å². The molecule has 3 rings (SSSR count). The van der Waals surface area contributed by atoms with Gasteiger partial charge in [-0.1, -0.05) is 6.42 Å². The molecule has 2 unspecified atom stereocenters. The fourth-order valence-electron chi connectivity index (χ4n) is 2.98. The van der Waals surface area contributed by atoms with Gasteiger partial charge in [0.2, 0.25) is 0 Å². The predicted molar refractivity (Wildman–Crippen MR) is 83.5 cm³/mol. The highest BCUT2D eigenvalue weighted by Gasteiger charge is 2.32. The number of carbonyl (C=O) groups is 1. The Bertz CT molecular complexity index is 480. The van der Waals surface area contributed by atoms with Crippen molar-refractivity contribution in [3.8, 4) is 0 Å². The van der Waals surface area contributed by atoms with E-state index in [1.807, 2.05) is 30.0 Å². The van der Waals surface area contributed by atoms with Gasteiger partial charge in [-0.3, -0.25) is 4.79 Å². The molecule has 3 nitrogen and oxygen atoms in total. The average Bonchev–Trinajstić information content (AvgIpc) is 2.92. The minimum atomic E-state index is -0.114. The number of aromatic nitrogens is 1. The Hall–Kier alpha value is -0.550. The van der Waals surface area contributed by atoms with Crippen LogP contribution in [0.3, 0.4) is 0 Å². The summed E-state index contributed by atoms with van der Waals surface area (Å²) in [6.45, 7) is 2.33. The number of aryl methyl sites for hydroxylation is 1. The number of hydrogen-bond donors (Lipinski definition) is 0. The van der Waals surface area contributed by atoms with E-state index in [0.29, 0.717) is 11.9 Å². The molecule has 1 saturated heterocycles. The minimum absolute atomic E-state index is 0.0819. The normalized spacial score (nSPS) is 26.1. The quantitative estimate of drug-likeness (QED) is 0.788. The fourth-order valence-corrected chi connectivity index (χ4v) is 5.70. The molecule has 5 heteroatoms. The van der Waals surface area contributed by atoms with Gasteiger partial charge in [0, 0.05) is 4.88 Å². The van der Waals surface area contributed by atoms with Crippen molar-refractivity contribution in [3.63, 3.8) is 0 Å². The van der Waals surface area contributed by atoms with Crippen LogP contribution in [-0.2, 0) is 16.0 Å². The molecule has 2 atom stereocenters. The SMILES string of the molecule is CCOC(=O)C1CCCc2sc(C3CCCCS3)nc21. The fraction of sp³-hybridized carbons (Fsp3) is 0.733. The summed E-state index contributed by atoms with van der Waals surface area (Å²) < 4.78 is 5.21. The number of nitrogens with zero attached hydrogens (tertiary/aromatic N) is 1. The molecule has 0 aromatic carbocycles. The first-order valence-electron chi connectivity index (χ1n) is 7.57. The van der Waals surface area contributed by atoms with Gasteiger partial charge in [-0.15, -0.1) is 11.3 Å².